The first kappa shape index (κ1) is 13.1. The molecule has 1 aromatic rings. The first-order chi connectivity index (χ1) is 5.86. The van der Waals surface area contributed by atoms with Crippen LogP contribution in [0.4, 0.5) is 0 Å². The normalized spacial score (nSPS) is 9.77. The topological polar surface area (TPSA) is 0 Å². The minimum atomic E-state index is 0. The van der Waals surface area contributed by atoms with Gasteiger partial charge in [-0.1, -0.05) is 30.3 Å². The van der Waals surface area contributed by atoms with Gasteiger partial charge in [-0.05, 0) is 24.7 Å². The Morgan fingerprint density at radius 1 is 1.00 bits per heavy atom. The van der Waals surface area contributed by atoms with E-state index in [1.807, 2.05) is 0 Å². The molecule has 0 spiro atoms. The summed E-state index contributed by atoms with van der Waals surface area (Å²) < 4.78 is 0. The largest absolute Gasteiger partial charge is 1.00 e. The second kappa shape index (κ2) is 7.45. The van der Waals surface area contributed by atoms with E-state index in [-0.39, 0.29) is 17.0 Å². The van der Waals surface area contributed by atoms with E-state index in [1.54, 1.807) is 0 Å². The number of benzene rings is 1. The number of hydrogen-bond donors (Lipinski definition) is 0. The van der Waals surface area contributed by atoms with E-state index in [0.29, 0.717) is 10.9 Å². The maximum absolute atomic E-state index is 2.29. The fourth-order valence-corrected chi connectivity index (χ4v) is 2.70. The van der Waals surface area contributed by atoms with Gasteiger partial charge in [0.05, 0.1) is 0 Å². The minimum absolute atomic E-state index is 0. The summed E-state index contributed by atoms with van der Waals surface area (Å²) in [4.78, 5) is 0. The van der Waals surface area contributed by atoms with E-state index in [9.17, 15) is 0 Å². The van der Waals surface area contributed by atoms with E-state index in [4.69, 9.17) is 0 Å². The Morgan fingerprint density at radius 2 is 1.54 bits per heavy atom. The first-order valence-corrected chi connectivity index (χ1v) is 6.28. The fraction of sp³-hybridized carbons (Fsp3) is 0.455. The summed E-state index contributed by atoms with van der Waals surface area (Å²) in [5.74, 6) is 3.92. The number of hydrogen-bond acceptors (Lipinski definition) is 0. The Labute approximate surface area is 94.9 Å². The van der Waals surface area contributed by atoms with Crippen LogP contribution in [0.1, 0.15) is 19.4 Å². The summed E-state index contributed by atoms with van der Waals surface area (Å²) in [6.45, 7) is 4.57. The lowest BCUT2D eigenvalue weighted by Gasteiger charge is -2.03. The Bertz CT molecular complexity index is 207. The quantitative estimate of drug-likeness (QED) is 0.661. The van der Waals surface area contributed by atoms with Crippen molar-refractivity contribution in [3.63, 3.8) is 0 Å². The third-order valence-electron chi connectivity index (χ3n) is 2.03. The van der Waals surface area contributed by atoms with Crippen LogP contribution in [0.5, 0.6) is 0 Å². The molecule has 0 radical (unpaired) electrons. The highest BCUT2D eigenvalue weighted by Gasteiger charge is 2.11. The molecule has 0 aliphatic rings. The summed E-state index contributed by atoms with van der Waals surface area (Å²) in [6, 6.07) is 10.8. The molecule has 2 heteroatoms. The zero-order valence-corrected chi connectivity index (χ0v) is 10.7. The Hall–Kier alpha value is 0.0500. The molecule has 0 fully saturated rings. The zero-order valence-electron chi connectivity index (χ0n) is 8.29. The van der Waals surface area contributed by atoms with Crippen LogP contribution in [0.25, 0.3) is 0 Å². The highest BCUT2D eigenvalue weighted by atomic mass is 79.9. The van der Waals surface area contributed by atoms with Crippen LogP contribution in [-0.2, 0) is 16.6 Å². The second-order valence-electron chi connectivity index (χ2n) is 2.82. The molecule has 1 aromatic carbocycles. The maximum atomic E-state index is 2.29. The van der Waals surface area contributed by atoms with Crippen LogP contribution in [0.2, 0.25) is 0 Å². The Balaban J connectivity index is 0.00000144. The van der Waals surface area contributed by atoms with Crippen molar-refractivity contribution in [1.82, 2.24) is 0 Å². The summed E-state index contributed by atoms with van der Waals surface area (Å²) in [6.07, 6.45) is 0. The van der Waals surface area contributed by atoms with Gasteiger partial charge < -0.3 is 17.0 Å². The molecule has 0 nitrogen and oxygen atoms in total. The van der Waals surface area contributed by atoms with Gasteiger partial charge in [-0.3, -0.25) is 0 Å². The molecule has 0 unspecified atom stereocenters. The average Bonchev–Trinajstić information content (AvgIpc) is 2.16. The molecule has 0 aliphatic carbocycles. The minimum Gasteiger partial charge on any atom is -1.00 e. The third kappa shape index (κ3) is 4.72. The van der Waals surface area contributed by atoms with Crippen molar-refractivity contribution >= 4 is 10.9 Å². The SMILES string of the molecule is CC[S+](CC)Cc1ccccc1.[Br-]. The van der Waals surface area contributed by atoms with E-state index in [2.05, 4.69) is 44.2 Å². The highest BCUT2D eigenvalue weighted by molar-refractivity contribution is 7.96. The van der Waals surface area contributed by atoms with Crippen molar-refractivity contribution in [2.24, 2.45) is 0 Å². The monoisotopic (exact) mass is 260 g/mol. The lowest BCUT2D eigenvalue weighted by molar-refractivity contribution is -0.00000260. The van der Waals surface area contributed by atoms with Gasteiger partial charge in [-0.15, -0.1) is 0 Å². The van der Waals surface area contributed by atoms with E-state index >= 15 is 0 Å². The van der Waals surface area contributed by atoms with Gasteiger partial charge in [-0.25, -0.2) is 0 Å². The second-order valence-corrected chi connectivity index (χ2v) is 5.49. The van der Waals surface area contributed by atoms with E-state index < -0.39 is 0 Å². The fourth-order valence-electron chi connectivity index (χ4n) is 1.22. The van der Waals surface area contributed by atoms with Crippen LogP contribution in [0.15, 0.2) is 30.3 Å². The molecule has 1 rings (SSSR count). The Morgan fingerprint density at radius 3 is 2.00 bits per heavy atom. The number of rotatable bonds is 4. The standard InChI is InChI=1S/C11H17S.BrH/c1-3-12(4-2)10-11-8-6-5-7-9-11;/h5-9H,3-4,10H2,1-2H3;1H/q+1;/p-1. The summed E-state index contributed by atoms with van der Waals surface area (Å²) in [5.41, 5.74) is 1.49. The van der Waals surface area contributed by atoms with E-state index in [0.717, 1.165) is 0 Å². The van der Waals surface area contributed by atoms with Crippen molar-refractivity contribution in [3.8, 4) is 0 Å². The molecule has 0 saturated carbocycles. The zero-order chi connectivity index (χ0) is 8.81. The molecule has 0 bridgehead atoms. The van der Waals surface area contributed by atoms with Crippen LogP contribution in [0.3, 0.4) is 0 Å². The van der Waals surface area contributed by atoms with Crippen molar-refractivity contribution in [1.29, 1.82) is 0 Å². The smallest absolute Gasteiger partial charge is 0.133 e. The molecule has 0 heterocycles. The molecule has 0 amide bonds. The first-order valence-electron chi connectivity index (χ1n) is 4.54. The Kier molecular flexibility index (Phi) is 7.48. The van der Waals surface area contributed by atoms with Crippen molar-refractivity contribution in [2.75, 3.05) is 11.5 Å². The molecule has 13 heavy (non-hydrogen) atoms. The van der Waals surface area contributed by atoms with Crippen molar-refractivity contribution in [2.45, 2.75) is 19.6 Å². The average molecular weight is 261 g/mol. The lowest BCUT2D eigenvalue weighted by atomic mass is 10.2. The molecule has 0 aliphatic heterocycles. The number of halogens is 1. The van der Waals surface area contributed by atoms with Crippen LogP contribution in [0, 0.1) is 0 Å². The summed E-state index contributed by atoms with van der Waals surface area (Å²) in [5, 5.41) is 0. The molecule has 0 aromatic heterocycles. The third-order valence-corrected chi connectivity index (χ3v) is 4.40. The molecular formula is C11H17BrS. The molecule has 0 N–H and O–H groups in total. The molecule has 0 atom stereocenters. The van der Waals surface area contributed by atoms with E-state index in [1.165, 1.54) is 22.8 Å². The van der Waals surface area contributed by atoms with Gasteiger partial charge >= 0.3 is 0 Å². The van der Waals surface area contributed by atoms with Crippen LogP contribution >= 0.6 is 0 Å². The van der Waals surface area contributed by atoms with Gasteiger partial charge in [-0.2, -0.15) is 0 Å². The maximum Gasteiger partial charge on any atom is 0.133 e. The summed E-state index contributed by atoms with van der Waals surface area (Å²) in [7, 11) is 0.611. The lowest BCUT2D eigenvalue weighted by Crippen LogP contribution is -3.00. The van der Waals surface area contributed by atoms with Crippen LogP contribution in [-0.4, -0.2) is 11.5 Å². The van der Waals surface area contributed by atoms with Crippen LogP contribution < -0.4 is 17.0 Å². The van der Waals surface area contributed by atoms with Gasteiger partial charge in [0.25, 0.3) is 0 Å². The molecular weight excluding hydrogens is 244 g/mol. The summed E-state index contributed by atoms with van der Waals surface area (Å²) >= 11 is 0. The predicted molar refractivity (Wildman–Crippen MR) is 58.6 cm³/mol. The highest BCUT2D eigenvalue weighted by Crippen LogP contribution is 2.08. The van der Waals surface area contributed by atoms with Gasteiger partial charge in [0.1, 0.15) is 17.3 Å². The van der Waals surface area contributed by atoms with Gasteiger partial charge in [0.2, 0.25) is 0 Å². The van der Waals surface area contributed by atoms with Gasteiger partial charge in [0.15, 0.2) is 0 Å². The van der Waals surface area contributed by atoms with Crippen molar-refractivity contribution < 1.29 is 17.0 Å². The predicted octanol–water partition coefficient (Wildman–Crippen LogP) is -0.151. The van der Waals surface area contributed by atoms with Gasteiger partial charge in [0, 0.05) is 5.56 Å². The van der Waals surface area contributed by atoms with Crippen molar-refractivity contribution in [3.05, 3.63) is 35.9 Å². The molecule has 0 saturated heterocycles. The molecule has 74 valence electrons.